The van der Waals surface area contributed by atoms with E-state index in [1.807, 2.05) is 31.2 Å². The summed E-state index contributed by atoms with van der Waals surface area (Å²) in [5.41, 5.74) is 10.1. The average Bonchev–Trinajstić information content (AvgIpc) is 2.66. The molecule has 0 unspecified atom stereocenters. The number of aryl methyl sites for hydroxylation is 3. The van der Waals surface area contributed by atoms with Gasteiger partial charge in [-0.3, -0.25) is 0 Å². The van der Waals surface area contributed by atoms with E-state index in [1.165, 1.54) is 22.2 Å². The molecule has 0 atom stereocenters. The lowest BCUT2D eigenvalue weighted by Gasteiger charge is -1.96. The van der Waals surface area contributed by atoms with Crippen molar-refractivity contribution in [1.29, 1.82) is 0 Å². The van der Waals surface area contributed by atoms with E-state index < -0.39 is 0 Å². The molecule has 0 aliphatic rings. The lowest BCUT2D eigenvalue weighted by Crippen LogP contribution is -1.88. The maximum Gasteiger partial charge on any atom is 0.0479 e. The van der Waals surface area contributed by atoms with Gasteiger partial charge in [-0.15, -0.1) is 0 Å². The fourth-order valence-electron chi connectivity index (χ4n) is 2.10. The highest BCUT2D eigenvalue weighted by molar-refractivity contribution is 5.80. The van der Waals surface area contributed by atoms with Gasteiger partial charge in [0.25, 0.3) is 0 Å². The van der Waals surface area contributed by atoms with E-state index in [0.717, 1.165) is 5.69 Å². The van der Waals surface area contributed by atoms with E-state index in [4.69, 9.17) is 5.73 Å². The summed E-state index contributed by atoms with van der Waals surface area (Å²) in [6.45, 7) is 4.15. The largest absolute Gasteiger partial charge is 0.399 e. The Kier molecular flexibility index (Phi) is 3.91. The molecule has 2 nitrogen and oxygen atoms in total. The van der Waals surface area contributed by atoms with Gasteiger partial charge in [0.2, 0.25) is 0 Å². The Balaban J connectivity index is 0.000000148. The standard InChI is InChI=1S/C10H11N.C7H9N/c1-8-7-9-5-3-4-6-10(9)11(8)2;1-6-3-2-4-7(8)5-6/h3-7H,1-2H3;2-5H,8H2,1H3. The molecule has 0 saturated carbocycles. The minimum atomic E-state index is 0.838. The van der Waals surface area contributed by atoms with Gasteiger partial charge in [0, 0.05) is 23.9 Å². The van der Waals surface area contributed by atoms with E-state index in [9.17, 15) is 0 Å². The average molecular weight is 252 g/mol. The Labute approximate surface area is 114 Å². The van der Waals surface area contributed by atoms with Gasteiger partial charge in [0.1, 0.15) is 0 Å². The second-order valence-corrected chi connectivity index (χ2v) is 4.82. The van der Waals surface area contributed by atoms with Gasteiger partial charge in [0.15, 0.2) is 0 Å². The highest BCUT2D eigenvalue weighted by Gasteiger charge is 1.98. The lowest BCUT2D eigenvalue weighted by atomic mass is 10.2. The topological polar surface area (TPSA) is 30.9 Å². The van der Waals surface area contributed by atoms with Crippen LogP contribution in [0.2, 0.25) is 0 Å². The molecule has 0 aliphatic carbocycles. The number of nitrogens with zero attached hydrogens (tertiary/aromatic N) is 1. The van der Waals surface area contributed by atoms with Crippen LogP contribution < -0.4 is 5.73 Å². The summed E-state index contributed by atoms with van der Waals surface area (Å²) in [5, 5.41) is 1.33. The number of hydrogen-bond acceptors (Lipinski definition) is 1. The molecular weight excluding hydrogens is 232 g/mol. The summed E-state index contributed by atoms with van der Waals surface area (Å²) in [7, 11) is 2.09. The lowest BCUT2D eigenvalue weighted by molar-refractivity contribution is 0.918. The number of nitrogen functional groups attached to an aromatic ring is 1. The van der Waals surface area contributed by atoms with Crippen molar-refractivity contribution in [3.8, 4) is 0 Å². The Hall–Kier alpha value is -2.22. The SMILES string of the molecule is Cc1cc2ccccc2n1C.Cc1cccc(N)c1. The number of para-hydroxylation sites is 1. The van der Waals surface area contributed by atoms with Crippen molar-refractivity contribution in [2.24, 2.45) is 7.05 Å². The quantitative estimate of drug-likeness (QED) is 0.601. The molecule has 2 aromatic carbocycles. The zero-order valence-electron chi connectivity index (χ0n) is 11.7. The Morgan fingerprint density at radius 1 is 0.895 bits per heavy atom. The maximum absolute atomic E-state index is 5.46. The number of aromatic nitrogens is 1. The molecule has 1 aromatic heterocycles. The Morgan fingerprint density at radius 2 is 1.63 bits per heavy atom. The molecule has 0 radical (unpaired) electrons. The summed E-state index contributed by atoms with van der Waals surface area (Å²) in [4.78, 5) is 0. The van der Waals surface area contributed by atoms with Gasteiger partial charge in [-0.2, -0.15) is 0 Å². The molecule has 98 valence electrons. The van der Waals surface area contributed by atoms with Crippen molar-refractivity contribution >= 4 is 16.6 Å². The first-order chi connectivity index (χ1) is 9.08. The fourth-order valence-corrected chi connectivity index (χ4v) is 2.10. The van der Waals surface area contributed by atoms with Crippen LogP contribution in [0.25, 0.3) is 10.9 Å². The van der Waals surface area contributed by atoms with Crippen LogP contribution >= 0.6 is 0 Å². The number of fused-ring (bicyclic) bond motifs is 1. The van der Waals surface area contributed by atoms with Crippen LogP contribution in [0, 0.1) is 13.8 Å². The van der Waals surface area contributed by atoms with Crippen LogP contribution in [0.4, 0.5) is 5.69 Å². The van der Waals surface area contributed by atoms with Crippen LogP contribution in [0.1, 0.15) is 11.3 Å². The van der Waals surface area contributed by atoms with E-state index >= 15 is 0 Å². The second kappa shape index (κ2) is 5.61. The fraction of sp³-hybridized carbons (Fsp3) is 0.176. The molecule has 0 aliphatic heterocycles. The van der Waals surface area contributed by atoms with Crippen molar-refractivity contribution in [2.45, 2.75) is 13.8 Å². The third-order valence-corrected chi connectivity index (χ3v) is 3.23. The molecule has 3 aromatic rings. The summed E-state index contributed by atoms with van der Waals surface area (Å²) in [6.07, 6.45) is 0. The molecule has 2 heteroatoms. The Morgan fingerprint density at radius 3 is 2.21 bits per heavy atom. The Bertz CT molecular complexity index is 663. The first kappa shape index (κ1) is 13.2. The molecule has 1 heterocycles. The molecular formula is C17H20N2. The maximum atomic E-state index is 5.46. The van der Waals surface area contributed by atoms with Crippen LogP contribution in [0.15, 0.2) is 54.6 Å². The molecule has 0 bridgehead atoms. The van der Waals surface area contributed by atoms with Gasteiger partial charge < -0.3 is 10.3 Å². The van der Waals surface area contributed by atoms with Gasteiger partial charge >= 0.3 is 0 Å². The predicted molar refractivity (Wildman–Crippen MR) is 83.2 cm³/mol. The first-order valence-electron chi connectivity index (χ1n) is 6.41. The van der Waals surface area contributed by atoms with Crippen LogP contribution in [-0.4, -0.2) is 4.57 Å². The van der Waals surface area contributed by atoms with E-state index in [-0.39, 0.29) is 0 Å². The van der Waals surface area contributed by atoms with Gasteiger partial charge in [0.05, 0.1) is 0 Å². The molecule has 0 fully saturated rings. The second-order valence-electron chi connectivity index (χ2n) is 4.82. The third-order valence-electron chi connectivity index (χ3n) is 3.23. The predicted octanol–water partition coefficient (Wildman–Crippen LogP) is 4.06. The number of nitrogens with two attached hydrogens (primary N) is 1. The minimum Gasteiger partial charge on any atom is -0.399 e. The van der Waals surface area contributed by atoms with E-state index in [0.29, 0.717) is 0 Å². The van der Waals surface area contributed by atoms with E-state index in [2.05, 4.69) is 48.9 Å². The van der Waals surface area contributed by atoms with Crippen molar-refractivity contribution in [1.82, 2.24) is 4.57 Å². The molecule has 2 N–H and O–H groups in total. The number of anilines is 1. The molecule has 3 rings (SSSR count). The highest BCUT2D eigenvalue weighted by Crippen LogP contribution is 2.16. The summed E-state index contributed by atoms with van der Waals surface area (Å²) < 4.78 is 2.20. The summed E-state index contributed by atoms with van der Waals surface area (Å²) in [6, 6.07) is 18.4. The normalized spacial score (nSPS) is 10.1. The number of benzene rings is 2. The summed E-state index contributed by atoms with van der Waals surface area (Å²) >= 11 is 0. The van der Waals surface area contributed by atoms with Crippen molar-refractivity contribution in [2.75, 3.05) is 5.73 Å². The number of hydrogen-bond donors (Lipinski definition) is 1. The van der Waals surface area contributed by atoms with Gasteiger partial charge in [-0.05, 0) is 49.1 Å². The summed E-state index contributed by atoms with van der Waals surface area (Å²) in [5.74, 6) is 0. The number of rotatable bonds is 0. The van der Waals surface area contributed by atoms with Crippen molar-refractivity contribution < 1.29 is 0 Å². The molecule has 0 spiro atoms. The van der Waals surface area contributed by atoms with Crippen LogP contribution in [0.3, 0.4) is 0 Å². The van der Waals surface area contributed by atoms with Gasteiger partial charge in [-0.1, -0.05) is 30.3 Å². The van der Waals surface area contributed by atoms with Crippen LogP contribution in [0.5, 0.6) is 0 Å². The van der Waals surface area contributed by atoms with E-state index in [1.54, 1.807) is 0 Å². The first-order valence-corrected chi connectivity index (χ1v) is 6.41. The highest BCUT2D eigenvalue weighted by atomic mass is 14.9. The monoisotopic (exact) mass is 252 g/mol. The third kappa shape index (κ3) is 3.16. The minimum absolute atomic E-state index is 0.838. The van der Waals surface area contributed by atoms with Crippen LogP contribution in [-0.2, 0) is 7.05 Å². The zero-order chi connectivity index (χ0) is 13.8. The molecule has 0 amide bonds. The zero-order valence-corrected chi connectivity index (χ0v) is 11.7. The molecule has 0 saturated heterocycles. The van der Waals surface area contributed by atoms with Gasteiger partial charge in [-0.25, -0.2) is 0 Å². The smallest absolute Gasteiger partial charge is 0.0479 e. The van der Waals surface area contributed by atoms with Crippen molar-refractivity contribution in [3.63, 3.8) is 0 Å². The molecule has 19 heavy (non-hydrogen) atoms. The van der Waals surface area contributed by atoms with Crippen molar-refractivity contribution in [3.05, 3.63) is 65.9 Å².